The van der Waals surface area contributed by atoms with Crippen molar-refractivity contribution >= 4 is 5.97 Å². The SMILES string of the molecule is C.CC(C)c1ccc(C(=O)O)cc1. The molecule has 1 rings (SSSR count). The van der Waals surface area contributed by atoms with Gasteiger partial charge in [-0.05, 0) is 23.6 Å². The first kappa shape index (κ1) is 11.7. The number of carboxylic acids is 1. The Hall–Kier alpha value is -1.31. The minimum Gasteiger partial charge on any atom is -0.478 e. The summed E-state index contributed by atoms with van der Waals surface area (Å²) >= 11 is 0. The van der Waals surface area contributed by atoms with Gasteiger partial charge in [-0.2, -0.15) is 0 Å². The molecule has 0 unspecified atom stereocenters. The largest absolute Gasteiger partial charge is 0.478 e. The highest BCUT2D eigenvalue weighted by atomic mass is 16.4. The maximum atomic E-state index is 10.5. The Balaban J connectivity index is 0.00000144. The van der Waals surface area contributed by atoms with Crippen molar-refractivity contribution in [3.05, 3.63) is 35.4 Å². The molecule has 1 aromatic rings. The maximum absolute atomic E-state index is 10.5. The van der Waals surface area contributed by atoms with Crippen LogP contribution in [-0.2, 0) is 0 Å². The lowest BCUT2D eigenvalue weighted by Crippen LogP contribution is -1.96. The maximum Gasteiger partial charge on any atom is 0.335 e. The fraction of sp³-hybridized carbons (Fsp3) is 0.364. The predicted molar refractivity (Wildman–Crippen MR) is 54.2 cm³/mol. The molecule has 0 aliphatic carbocycles. The summed E-state index contributed by atoms with van der Waals surface area (Å²) in [7, 11) is 0. The van der Waals surface area contributed by atoms with Gasteiger partial charge in [0.2, 0.25) is 0 Å². The van der Waals surface area contributed by atoms with Crippen molar-refractivity contribution in [1.29, 1.82) is 0 Å². The zero-order valence-corrected chi connectivity index (χ0v) is 7.24. The monoisotopic (exact) mass is 180 g/mol. The summed E-state index contributed by atoms with van der Waals surface area (Å²) in [5, 5.41) is 8.61. The van der Waals surface area contributed by atoms with Gasteiger partial charge in [0, 0.05) is 0 Å². The molecule has 0 fully saturated rings. The summed E-state index contributed by atoms with van der Waals surface area (Å²) in [5.74, 6) is -0.418. The van der Waals surface area contributed by atoms with E-state index in [2.05, 4.69) is 13.8 Å². The van der Waals surface area contributed by atoms with Gasteiger partial charge in [-0.3, -0.25) is 0 Å². The van der Waals surface area contributed by atoms with Crippen molar-refractivity contribution in [2.75, 3.05) is 0 Å². The van der Waals surface area contributed by atoms with Crippen LogP contribution in [0.4, 0.5) is 0 Å². The molecule has 0 heterocycles. The predicted octanol–water partition coefficient (Wildman–Crippen LogP) is 3.14. The molecule has 1 N–H and O–H groups in total. The molecule has 0 radical (unpaired) electrons. The van der Waals surface area contributed by atoms with E-state index in [1.165, 1.54) is 5.56 Å². The number of hydrogen-bond acceptors (Lipinski definition) is 1. The van der Waals surface area contributed by atoms with Crippen LogP contribution in [-0.4, -0.2) is 11.1 Å². The standard InChI is InChI=1S/C10H12O2.CH4/c1-7(2)8-3-5-9(6-4-8)10(11)12;/h3-7H,1-2H3,(H,11,12);1H4. The number of rotatable bonds is 2. The molecule has 72 valence electrons. The molecule has 0 saturated heterocycles. The van der Waals surface area contributed by atoms with Crippen molar-refractivity contribution in [3.63, 3.8) is 0 Å². The molecular formula is C11H16O2. The Labute approximate surface area is 79.2 Å². The topological polar surface area (TPSA) is 37.3 Å². The lowest BCUT2D eigenvalue weighted by Gasteiger charge is -2.04. The average Bonchev–Trinajstić information content (AvgIpc) is 2.04. The van der Waals surface area contributed by atoms with E-state index in [1.54, 1.807) is 12.1 Å². The number of carbonyl (C=O) groups is 1. The van der Waals surface area contributed by atoms with Crippen LogP contribution in [0, 0.1) is 0 Å². The molecule has 0 amide bonds. The molecule has 0 atom stereocenters. The highest BCUT2D eigenvalue weighted by Crippen LogP contribution is 2.14. The summed E-state index contributed by atoms with van der Waals surface area (Å²) in [4.78, 5) is 10.5. The number of carboxylic acid groups (broad SMARTS) is 1. The van der Waals surface area contributed by atoms with Gasteiger partial charge in [0.1, 0.15) is 0 Å². The van der Waals surface area contributed by atoms with E-state index in [4.69, 9.17) is 5.11 Å². The molecule has 0 bridgehead atoms. The molecule has 0 aliphatic heterocycles. The summed E-state index contributed by atoms with van der Waals surface area (Å²) in [6.45, 7) is 4.16. The Morgan fingerprint density at radius 3 is 2.00 bits per heavy atom. The Bertz CT molecular complexity index is 273. The number of benzene rings is 1. The summed E-state index contributed by atoms with van der Waals surface area (Å²) in [6, 6.07) is 6.98. The van der Waals surface area contributed by atoms with Crippen LogP contribution in [0.2, 0.25) is 0 Å². The number of hydrogen-bond donors (Lipinski definition) is 1. The second kappa shape index (κ2) is 4.65. The van der Waals surface area contributed by atoms with Gasteiger partial charge in [0.25, 0.3) is 0 Å². The van der Waals surface area contributed by atoms with Crippen LogP contribution < -0.4 is 0 Å². The van der Waals surface area contributed by atoms with Crippen molar-refractivity contribution in [1.82, 2.24) is 0 Å². The van der Waals surface area contributed by atoms with E-state index in [9.17, 15) is 4.79 Å². The summed E-state index contributed by atoms with van der Waals surface area (Å²) in [5.41, 5.74) is 1.51. The van der Waals surface area contributed by atoms with Gasteiger partial charge in [-0.25, -0.2) is 4.79 Å². The third-order valence-corrected chi connectivity index (χ3v) is 1.82. The second-order valence-corrected chi connectivity index (χ2v) is 3.08. The van der Waals surface area contributed by atoms with E-state index in [1.807, 2.05) is 12.1 Å². The van der Waals surface area contributed by atoms with Gasteiger partial charge in [0.05, 0.1) is 5.56 Å². The van der Waals surface area contributed by atoms with Gasteiger partial charge >= 0.3 is 5.97 Å². The van der Waals surface area contributed by atoms with Gasteiger partial charge < -0.3 is 5.11 Å². The van der Waals surface area contributed by atoms with Crippen molar-refractivity contribution < 1.29 is 9.90 Å². The molecule has 13 heavy (non-hydrogen) atoms. The first-order chi connectivity index (χ1) is 5.61. The fourth-order valence-electron chi connectivity index (χ4n) is 1.01. The van der Waals surface area contributed by atoms with Crippen LogP contribution in [0.15, 0.2) is 24.3 Å². The van der Waals surface area contributed by atoms with Gasteiger partial charge in [-0.1, -0.05) is 33.4 Å². The van der Waals surface area contributed by atoms with Crippen LogP contribution >= 0.6 is 0 Å². The van der Waals surface area contributed by atoms with Crippen LogP contribution in [0.3, 0.4) is 0 Å². The molecule has 0 aromatic heterocycles. The third kappa shape index (κ3) is 2.90. The molecule has 2 heteroatoms. The Morgan fingerprint density at radius 2 is 1.69 bits per heavy atom. The van der Waals surface area contributed by atoms with Gasteiger partial charge in [0.15, 0.2) is 0 Å². The first-order valence-corrected chi connectivity index (χ1v) is 3.94. The molecule has 0 aliphatic rings. The normalized spacial score (nSPS) is 9.46. The smallest absolute Gasteiger partial charge is 0.335 e. The minimum absolute atomic E-state index is 0. The molecule has 0 saturated carbocycles. The van der Waals surface area contributed by atoms with Crippen molar-refractivity contribution in [2.24, 2.45) is 0 Å². The fourth-order valence-corrected chi connectivity index (χ4v) is 1.01. The molecular weight excluding hydrogens is 164 g/mol. The quantitative estimate of drug-likeness (QED) is 0.759. The molecule has 2 nitrogen and oxygen atoms in total. The molecule has 0 spiro atoms. The van der Waals surface area contributed by atoms with E-state index in [0.29, 0.717) is 11.5 Å². The lowest BCUT2D eigenvalue weighted by atomic mass is 10.0. The van der Waals surface area contributed by atoms with E-state index in [-0.39, 0.29) is 7.43 Å². The second-order valence-electron chi connectivity index (χ2n) is 3.08. The summed E-state index contributed by atoms with van der Waals surface area (Å²) < 4.78 is 0. The van der Waals surface area contributed by atoms with Crippen molar-refractivity contribution in [2.45, 2.75) is 27.2 Å². The third-order valence-electron chi connectivity index (χ3n) is 1.82. The zero-order valence-electron chi connectivity index (χ0n) is 7.24. The first-order valence-electron chi connectivity index (χ1n) is 3.94. The zero-order chi connectivity index (χ0) is 9.14. The van der Waals surface area contributed by atoms with Crippen LogP contribution in [0.25, 0.3) is 0 Å². The van der Waals surface area contributed by atoms with E-state index in [0.717, 1.165) is 0 Å². The van der Waals surface area contributed by atoms with Crippen molar-refractivity contribution in [3.8, 4) is 0 Å². The average molecular weight is 180 g/mol. The minimum atomic E-state index is -0.870. The number of aromatic carboxylic acids is 1. The lowest BCUT2D eigenvalue weighted by molar-refractivity contribution is 0.0697. The van der Waals surface area contributed by atoms with Crippen LogP contribution in [0.5, 0.6) is 0 Å². The van der Waals surface area contributed by atoms with E-state index < -0.39 is 5.97 Å². The molecule has 1 aromatic carbocycles. The Kier molecular flexibility index (Phi) is 4.18. The Morgan fingerprint density at radius 1 is 1.23 bits per heavy atom. The van der Waals surface area contributed by atoms with Crippen LogP contribution in [0.1, 0.15) is 43.1 Å². The van der Waals surface area contributed by atoms with Gasteiger partial charge in [-0.15, -0.1) is 0 Å². The highest BCUT2D eigenvalue weighted by molar-refractivity contribution is 5.87. The summed E-state index contributed by atoms with van der Waals surface area (Å²) in [6.07, 6.45) is 0. The highest BCUT2D eigenvalue weighted by Gasteiger charge is 2.02. The van der Waals surface area contributed by atoms with E-state index >= 15 is 0 Å².